The second kappa shape index (κ2) is 10.9. The summed E-state index contributed by atoms with van der Waals surface area (Å²) in [7, 11) is 6.81. The molecule has 11 heteroatoms. The van der Waals surface area contributed by atoms with Gasteiger partial charge in [-0.15, -0.1) is 0 Å². The number of amides is 1. The van der Waals surface area contributed by atoms with Crippen LogP contribution in [0.3, 0.4) is 0 Å². The maximum absolute atomic E-state index is 14.2. The first-order valence-electron chi connectivity index (χ1n) is 14.9. The summed E-state index contributed by atoms with van der Waals surface area (Å²) >= 11 is 0. The lowest BCUT2D eigenvalue weighted by Crippen LogP contribution is -2.65. The van der Waals surface area contributed by atoms with E-state index in [-0.39, 0.29) is 35.1 Å². The maximum Gasteiger partial charge on any atom is 0.255 e. The quantitative estimate of drug-likeness (QED) is 0.208. The van der Waals surface area contributed by atoms with Crippen molar-refractivity contribution in [3.8, 4) is 5.75 Å². The molecule has 11 nitrogen and oxygen atoms in total. The smallest absolute Gasteiger partial charge is 0.255 e. The Morgan fingerprint density at radius 3 is 2.22 bits per heavy atom. The molecule has 4 atom stereocenters. The number of nitrogens with one attached hydrogen (secondary N) is 1. The van der Waals surface area contributed by atoms with E-state index in [1.54, 1.807) is 20.2 Å². The van der Waals surface area contributed by atoms with Gasteiger partial charge in [-0.1, -0.05) is 45.0 Å². The summed E-state index contributed by atoms with van der Waals surface area (Å²) < 4.78 is 0. The van der Waals surface area contributed by atoms with Gasteiger partial charge in [0.2, 0.25) is 5.78 Å². The van der Waals surface area contributed by atoms with Crippen LogP contribution in [0.5, 0.6) is 5.75 Å². The number of carbonyl (C=O) groups excluding carboxylic acids is 3. The van der Waals surface area contributed by atoms with Crippen molar-refractivity contribution >= 4 is 34.6 Å². The predicted molar refractivity (Wildman–Crippen MR) is 171 cm³/mol. The molecule has 0 aliphatic heterocycles. The Morgan fingerprint density at radius 1 is 1.07 bits per heavy atom. The summed E-state index contributed by atoms with van der Waals surface area (Å²) in [5, 5.41) is 49.4. The molecule has 0 heterocycles. The van der Waals surface area contributed by atoms with Crippen LogP contribution in [0.25, 0.3) is 5.76 Å². The number of Topliss-reactive ketones (excluding diaryl/α,β-unsaturated/α-hetero) is 2. The SMILES string of the molecule is CN(C)c1cc(NCc2ccc(C(C)(C)C)cc2)c(O)c2c1C[C@H]1C[C@H]3[C@H](N(C)C)C(=O)C(C(N)=O)=C(O)[C@@]3(O)C(=O)C1=C2O. The number of aliphatic hydroxyl groups is 3. The van der Waals surface area contributed by atoms with E-state index in [0.717, 1.165) is 5.56 Å². The molecule has 45 heavy (non-hydrogen) atoms. The first-order chi connectivity index (χ1) is 20.9. The normalized spacial score (nSPS) is 24.8. The zero-order valence-corrected chi connectivity index (χ0v) is 26.7. The monoisotopic (exact) mass is 618 g/mol. The largest absolute Gasteiger partial charge is 0.508 e. The number of hydrogen-bond donors (Lipinski definition) is 6. The number of aliphatic hydroxyl groups excluding tert-OH is 2. The number of ketones is 2. The standard InChI is InChI=1S/C34H42N4O7/c1-33(2,3)18-10-8-16(9-11-18)15-36-21-14-22(37(4)5)19-12-17-13-20-26(38(6)7)29(41)25(32(35)44)31(43)34(20,45)30(42)23(17)28(40)24(19)27(21)39/h8-11,14,17,20,26,36,39-40,43,45H,12-13,15H2,1-7H3,(H2,35,44)/t17-,20-,26-,34-/m0/s1. The van der Waals surface area contributed by atoms with Crippen LogP contribution < -0.4 is 16.0 Å². The summed E-state index contributed by atoms with van der Waals surface area (Å²) in [5.41, 5.74) is 5.56. The summed E-state index contributed by atoms with van der Waals surface area (Å²) in [4.78, 5) is 43.0. The molecule has 1 fully saturated rings. The lowest BCUT2D eigenvalue weighted by molar-refractivity contribution is -0.153. The fourth-order valence-electron chi connectivity index (χ4n) is 7.15. The Bertz CT molecular complexity index is 1670. The van der Waals surface area contributed by atoms with Crippen molar-refractivity contribution in [3.05, 3.63) is 69.5 Å². The molecule has 0 bridgehead atoms. The fraction of sp³-hybridized carbons (Fsp3) is 0.441. The Hall–Kier alpha value is -4.35. The molecule has 0 unspecified atom stereocenters. The van der Waals surface area contributed by atoms with Crippen molar-refractivity contribution < 1.29 is 34.8 Å². The molecule has 3 aliphatic rings. The van der Waals surface area contributed by atoms with Gasteiger partial charge in [0.25, 0.3) is 5.91 Å². The molecule has 0 spiro atoms. The number of hydrogen-bond acceptors (Lipinski definition) is 10. The van der Waals surface area contributed by atoms with Crippen LogP contribution >= 0.6 is 0 Å². The molecule has 0 saturated heterocycles. The number of nitrogens with zero attached hydrogens (tertiary/aromatic N) is 2. The highest BCUT2D eigenvalue weighted by Crippen LogP contribution is 2.54. The van der Waals surface area contributed by atoms with Gasteiger partial charge in [-0.05, 0) is 61.0 Å². The van der Waals surface area contributed by atoms with Crippen LogP contribution in [-0.2, 0) is 32.8 Å². The van der Waals surface area contributed by atoms with Crippen LogP contribution in [0.1, 0.15) is 49.4 Å². The molecular weight excluding hydrogens is 576 g/mol. The van der Waals surface area contributed by atoms with Crippen molar-refractivity contribution in [1.82, 2.24) is 4.90 Å². The van der Waals surface area contributed by atoms with Gasteiger partial charge in [0.1, 0.15) is 22.8 Å². The van der Waals surface area contributed by atoms with Crippen LogP contribution in [0.2, 0.25) is 0 Å². The maximum atomic E-state index is 14.2. The number of aromatic hydroxyl groups is 1. The molecule has 2 aromatic rings. The number of benzene rings is 2. The van der Waals surface area contributed by atoms with Crippen LogP contribution in [0.4, 0.5) is 11.4 Å². The number of phenols is 1. The van der Waals surface area contributed by atoms with E-state index in [9.17, 15) is 34.8 Å². The summed E-state index contributed by atoms with van der Waals surface area (Å²) in [5.74, 6) is -6.76. The Balaban J connectivity index is 1.61. The molecule has 1 amide bonds. The lowest BCUT2D eigenvalue weighted by Gasteiger charge is -2.50. The molecule has 7 N–H and O–H groups in total. The van der Waals surface area contributed by atoms with Crippen LogP contribution in [0, 0.1) is 11.8 Å². The van der Waals surface area contributed by atoms with E-state index in [1.165, 1.54) is 10.5 Å². The zero-order valence-electron chi connectivity index (χ0n) is 26.7. The van der Waals surface area contributed by atoms with E-state index in [4.69, 9.17) is 5.73 Å². The third kappa shape index (κ3) is 4.94. The highest BCUT2D eigenvalue weighted by Gasteiger charge is 2.64. The summed E-state index contributed by atoms with van der Waals surface area (Å²) in [6.07, 6.45) is 0.244. The van der Waals surface area contributed by atoms with Crippen LogP contribution in [0.15, 0.2) is 47.2 Å². The molecule has 2 aromatic carbocycles. The lowest BCUT2D eigenvalue weighted by atomic mass is 9.57. The molecule has 0 radical (unpaired) electrons. The van der Waals surface area contributed by atoms with Gasteiger partial charge in [0, 0.05) is 37.8 Å². The Morgan fingerprint density at radius 2 is 1.69 bits per heavy atom. The van der Waals surface area contributed by atoms with Crippen molar-refractivity contribution in [3.63, 3.8) is 0 Å². The van der Waals surface area contributed by atoms with Gasteiger partial charge in [-0.3, -0.25) is 19.3 Å². The average molecular weight is 619 g/mol. The molecule has 0 aromatic heterocycles. The molecule has 240 valence electrons. The fourth-order valence-corrected chi connectivity index (χ4v) is 7.15. The summed E-state index contributed by atoms with van der Waals surface area (Å²) in [6.45, 7) is 6.78. The second-order valence-corrected chi connectivity index (χ2v) is 13.8. The number of primary amides is 1. The van der Waals surface area contributed by atoms with E-state index in [1.807, 2.05) is 31.1 Å². The van der Waals surface area contributed by atoms with Gasteiger partial charge in [0.05, 0.1) is 17.3 Å². The van der Waals surface area contributed by atoms with E-state index < -0.39 is 58.0 Å². The van der Waals surface area contributed by atoms with E-state index in [0.29, 0.717) is 23.5 Å². The first-order valence-corrected chi connectivity index (χ1v) is 14.9. The zero-order chi connectivity index (χ0) is 33.3. The highest BCUT2D eigenvalue weighted by molar-refractivity contribution is 6.24. The predicted octanol–water partition coefficient (Wildman–Crippen LogP) is 2.94. The number of nitrogens with two attached hydrogens (primary N) is 1. The van der Waals surface area contributed by atoms with E-state index >= 15 is 0 Å². The minimum atomic E-state index is -2.68. The molecular formula is C34H42N4O7. The average Bonchev–Trinajstić information content (AvgIpc) is 2.93. The molecule has 1 saturated carbocycles. The minimum Gasteiger partial charge on any atom is -0.508 e. The number of anilines is 2. The van der Waals surface area contributed by atoms with E-state index in [2.05, 4.69) is 38.2 Å². The van der Waals surface area contributed by atoms with Crippen molar-refractivity contribution in [2.45, 2.75) is 57.2 Å². The number of likely N-dealkylation sites (N-methyl/N-ethyl adjacent to an activating group) is 1. The number of phenolic OH excluding ortho intramolecular Hbond substituents is 1. The third-order valence-corrected chi connectivity index (χ3v) is 9.48. The first kappa shape index (κ1) is 32.1. The second-order valence-electron chi connectivity index (χ2n) is 13.8. The third-order valence-electron chi connectivity index (χ3n) is 9.48. The summed E-state index contributed by atoms with van der Waals surface area (Å²) in [6, 6.07) is 8.80. The van der Waals surface area contributed by atoms with Gasteiger partial charge in [-0.25, -0.2) is 0 Å². The molecule has 3 aliphatic carbocycles. The van der Waals surface area contributed by atoms with Gasteiger partial charge >= 0.3 is 0 Å². The number of rotatable bonds is 6. The van der Waals surface area contributed by atoms with Crippen molar-refractivity contribution in [1.29, 1.82) is 0 Å². The minimum absolute atomic E-state index is 0.00443. The Labute approximate surface area is 262 Å². The van der Waals surface area contributed by atoms with Crippen molar-refractivity contribution in [2.24, 2.45) is 17.6 Å². The van der Waals surface area contributed by atoms with Crippen molar-refractivity contribution in [2.75, 3.05) is 38.4 Å². The van der Waals surface area contributed by atoms with Gasteiger partial charge in [0.15, 0.2) is 11.4 Å². The number of carbonyl (C=O) groups is 3. The van der Waals surface area contributed by atoms with Gasteiger partial charge < -0.3 is 36.4 Å². The van der Waals surface area contributed by atoms with Gasteiger partial charge in [-0.2, -0.15) is 0 Å². The topological polar surface area (TPSA) is 177 Å². The van der Waals surface area contributed by atoms with Crippen LogP contribution in [-0.4, -0.2) is 82.6 Å². The highest BCUT2D eigenvalue weighted by atomic mass is 16.3. The number of fused-ring (bicyclic) bond motifs is 3. The Kier molecular flexibility index (Phi) is 7.78. The molecule has 5 rings (SSSR count).